The third-order valence-electron chi connectivity index (χ3n) is 1.91. The molecule has 0 aliphatic carbocycles. The van der Waals surface area contributed by atoms with Crippen LogP contribution in [0.15, 0.2) is 43.5 Å². The second kappa shape index (κ2) is 5.65. The van der Waals surface area contributed by atoms with Crippen LogP contribution in [0.25, 0.3) is 0 Å². The summed E-state index contributed by atoms with van der Waals surface area (Å²) in [6, 6.07) is 4.66. The largest absolute Gasteiger partial charge is 0.423 e. The van der Waals surface area contributed by atoms with E-state index >= 15 is 0 Å². The molecule has 4 heteroatoms. The zero-order valence-electron chi connectivity index (χ0n) is 9.43. The Morgan fingerprint density at radius 1 is 1.12 bits per heavy atom. The first kappa shape index (κ1) is 12.7. The molecule has 0 saturated heterocycles. The first-order valence-corrected chi connectivity index (χ1v) is 4.86. The topological polar surface area (TPSA) is 52.6 Å². The van der Waals surface area contributed by atoms with Gasteiger partial charge in [0.05, 0.1) is 0 Å². The van der Waals surface area contributed by atoms with Crippen LogP contribution in [0.3, 0.4) is 0 Å². The van der Waals surface area contributed by atoms with Gasteiger partial charge in [-0.2, -0.15) is 0 Å². The second-order valence-corrected chi connectivity index (χ2v) is 3.18. The van der Waals surface area contributed by atoms with Gasteiger partial charge in [0.1, 0.15) is 11.5 Å². The fourth-order valence-corrected chi connectivity index (χ4v) is 1.11. The van der Waals surface area contributed by atoms with E-state index in [-0.39, 0.29) is 0 Å². The van der Waals surface area contributed by atoms with E-state index in [4.69, 9.17) is 9.47 Å². The van der Waals surface area contributed by atoms with E-state index in [1.165, 1.54) is 6.07 Å². The summed E-state index contributed by atoms with van der Waals surface area (Å²) in [5, 5.41) is 0. The minimum Gasteiger partial charge on any atom is -0.423 e. The van der Waals surface area contributed by atoms with Gasteiger partial charge in [0, 0.05) is 12.2 Å². The molecule has 17 heavy (non-hydrogen) atoms. The Morgan fingerprint density at radius 2 is 1.71 bits per heavy atom. The van der Waals surface area contributed by atoms with Gasteiger partial charge in [-0.15, -0.1) is 0 Å². The number of carbonyl (C=O) groups is 2. The molecule has 4 nitrogen and oxygen atoms in total. The monoisotopic (exact) mass is 232 g/mol. The number of carbonyl (C=O) groups excluding carboxylic acids is 2. The number of esters is 2. The zero-order chi connectivity index (χ0) is 12.8. The van der Waals surface area contributed by atoms with Crippen molar-refractivity contribution < 1.29 is 19.1 Å². The molecule has 0 spiro atoms. The third kappa shape index (κ3) is 3.61. The van der Waals surface area contributed by atoms with Gasteiger partial charge in [-0.25, -0.2) is 9.59 Å². The Morgan fingerprint density at radius 3 is 2.24 bits per heavy atom. The summed E-state index contributed by atoms with van der Waals surface area (Å²) in [5.74, 6) is -0.316. The highest BCUT2D eigenvalue weighted by Gasteiger charge is 2.06. The molecule has 1 rings (SSSR count). The number of hydrogen-bond acceptors (Lipinski definition) is 4. The predicted octanol–water partition coefficient (Wildman–Crippen LogP) is 2.18. The molecule has 0 N–H and O–H groups in total. The lowest BCUT2D eigenvalue weighted by Crippen LogP contribution is -2.06. The van der Waals surface area contributed by atoms with Gasteiger partial charge in [0.15, 0.2) is 0 Å². The second-order valence-electron chi connectivity index (χ2n) is 3.18. The lowest BCUT2D eigenvalue weighted by atomic mass is 10.2. The first-order chi connectivity index (χ1) is 8.06. The van der Waals surface area contributed by atoms with E-state index in [1.54, 1.807) is 19.1 Å². The molecular formula is C13H12O4. The maximum absolute atomic E-state index is 11.0. The summed E-state index contributed by atoms with van der Waals surface area (Å²) in [5.41, 5.74) is 0.676. The van der Waals surface area contributed by atoms with Crippen molar-refractivity contribution in [2.24, 2.45) is 0 Å². The lowest BCUT2D eigenvalue weighted by Gasteiger charge is -2.07. The summed E-state index contributed by atoms with van der Waals surface area (Å²) < 4.78 is 9.88. The standard InChI is InChI=1S/C13H12O4/c1-4-12(14)16-10-6-7-11(9(3)8-10)17-13(15)5-2/h4-8H,1-2H2,3H3. The number of benzene rings is 1. The summed E-state index contributed by atoms with van der Waals surface area (Å²) in [7, 11) is 0. The van der Waals surface area contributed by atoms with Crippen LogP contribution in [0.1, 0.15) is 5.56 Å². The molecule has 0 saturated carbocycles. The average Bonchev–Trinajstić information content (AvgIpc) is 2.32. The molecule has 0 fully saturated rings. The predicted molar refractivity (Wildman–Crippen MR) is 62.8 cm³/mol. The first-order valence-electron chi connectivity index (χ1n) is 4.86. The van der Waals surface area contributed by atoms with Crippen molar-refractivity contribution in [3.05, 3.63) is 49.1 Å². The van der Waals surface area contributed by atoms with Gasteiger partial charge in [-0.05, 0) is 30.7 Å². The fourth-order valence-electron chi connectivity index (χ4n) is 1.11. The molecule has 0 amide bonds. The Balaban J connectivity index is 2.85. The van der Waals surface area contributed by atoms with Crippen molar-refractivity contribution in [2.45, 2.75) is 6.92 Å². The SMILES string of the molecule is C=CC(=O)Oc1ccc(OC(=O)C=C)c(C)c1. The molecule has 0 aromatic heterocycles. The average molecular weight is 232 g/mol. The van der Waals surface area contributed by atoms with E-state index in [0.717, 1.165) is 12.2 Å². The highest BCUT2D eigenvalue weighted by atomic mass is 16.5. The molecular weight excluding hydrogens is 220 g/mol. The third-order valence-corrected chi connectivity index (χ3v) is 1.91. The molecule has 0 bridgehead atoms. The molecule has 0 radical (unpaired) electrons. The van der Waals surface area contributed by atoms with Gasteiger partial charge < -0.3 is 9.47 Å². The summed E-state index contributed by atoms with van der Waals surface area (Å²) in [6.07, 6.45) is 2.14. The molecule has 0 heterocycles. The molecule has 0 aliphatic heterocycles. The van der Waals surface area contributed by atoms with Gasteiger partial charge >= 0.3 is 11.9 Å². The van der Waals surface area contributed by atoms with E-state index < -0.39 is 11.9 Å². The van der Waals surface area contributed by atoms with E-state index in [0.29, 0.717) is 17.1 Å². The highest BCUT2D eigenvalue weighted by molar-refractivity contribution is 5.84. The van der Waals surface area contributed by atoms with Crippen molar-refractivity contribution >= 4 is 11.9 Å². The van der Waals surface area contributed by atoms with Crippen LogP contribution in [-0.4, -0.2) is 11.9 Å². The summed E-state index contributed by atoms with van der Waals surface area (Å²) >= 11 is 0. The molecule has 0 atom stereocenters. The number of hydrogen-bond donors (Lipinski definition) is 0. The molecule has 88 valence electrons. The molecule has 1 aromatic carbocycles. The van der Waals surface area contributed by atoms with Crippen molar-refractivity contribution in [3.63, 3.8) is 0 Å². The van der Waals surface area contributed by atoms with E-state index in [2.05, 4.69) is 13.2 Å². The van der Waals surface area contributed by atoms with Crippen LogP contribution >= 0.6 is 0 Å². The Labute approximate surface area is 99.2 Å². The van der Waals surface area contributed by atoms with Crippen LogP contribution in [0, 0.1) is 6.92 Å². The van der Waals surface area contributed by atoms with E-state index in [9.17, 15) is 9.59 Å². The van der Waals surface area contributed by atoms with Crippen molar-refractivity contribution in [1.82, 2.24) is 0 Å². The van der Waals surface area contributed by atoms with Gasteiger partial charge in [0.2, 0.25) is 0 Å². The van der Waals surface area contributed by atoms with Crippen molar-refractivity contribution in [3.8, 4) is 11.5 Å². The zero-order valence-corrected chi connectivity index (χ0v) is 9.43. The maximum Gasteiger partial charge on any atom is 0.335 e. The Hall–Kier alpha value is -2.36. The van der Waals surface area contributed by atoms with Crippen LogP contribution in [0.2, 0.25) is 0 Å². The Kier molecular flexibility index (Phi) is 4.22. The van der Waals surface area contributed by atoms with Gasteiger partial charge in [-0.1, -0.05) is 13.2 Å². The number of aryl methyl sites for hydroxylation is 1. The van der Waals surface area contributed by atoms with Crippen LogP contribution < -0.4 is 9.47 Å². The number of ether oxygens (including phenoxy) is 2. The maximum atomic E-state index is 11.0. The highest BCUT2D eigenvalue weighted by Crippen LogP contribution is 2.23. The van der Waals surface area contributed by atoms with Gasteiger partial charge in [-0.3, -0.25) is 0 Å². The normalized spacial score (nSPS) is 9.24. The molecule has 1 aromatic rings. The smallest absolute Gasteiger partial charge is 0.335 e. The Bertz CT molecular complexity index is 474. The van der Waals surface area contributed by atoms with E-state index in [1.807, 2.05) is 0 Å². The van der Waals surface area contributed by atoms with Crippen LogP contribution in [0.4, 0.5) is 0 Å². The summed E-state index contributed by atoms with van der Waals surface area (Å²) in [4.78, 5) is 22.0. The van der Waals surface area contributed by atoms with Crippen molar-refractivity contribution in [1.29, 1.82) is 0 Å². The minimum absolute atomic E-state index is 0.366. The van der Waals surface area contributed by atoms with Gasteiger partial charge in [0.25, 0.3) is 0 Å². The lowest BCUT2D eigenvalue weighted by molar-refractivity contribution is -0.130. The van der Waals surface area contributed by atoms with Crippen LogP contribution in [0.5, 0.6) is 11.5 Å². The number of rotatable bonds is 4. The van der Waals surface area contributed by atoms with Crippen molar-refractivity contribution in [2.75, 3.05) is 0 Å². The summed E-state index contributed by atoms with van der Waals surface area (Å²) in [6.45, 7) is 8.32. The minimum atomic E-state index is -0.541. The fraction of sp³-hybridized carbons (Fsp3) is 0.0769. The molecule has 0 aliphatic rings. The quantitative estimate of drug-likeness (QED) is 0.453. The van der Waals surface area contributed by atoms with Crippen LogP contribution in [-0.2, 0) is 9.59 Å². The molecule has 0 unspecified atom stereocenters.